The third kappa shape index (κ3) is 3.03. The lowest BCUT2D eigenvalue weighted by Crippen LogP contribution is -2.02. The molecule has 0 fully saturated rings. The maximum Gasteiger partial charge on any atom is 0.0936 e. The lowest BCUT2D eigenvalue weighted by Gasteiger charge is -2.08. The third-order valence-electron chi connectivity index (χ3n) is 3.36. The van der Waals surface area contributed by atoms with Crippen LogP contribution in [-0.4, -0.2) is 26.5 Å². The van der Waals surface area contributed by atoms with Crippen molar-refractivity contribution in [3.05, 3.63) is 54.0 Å². The van der Waals surface area contributed by atoms with E-state index in [9.17, 15) is 0 Å². The Hall–Kier alpha value is -2.40. The normalized spacial score (nSPS) is 11.0. The number of aliphatic hydroxyl groups is 1. The van der Waals surface area contributed by atoms with Crippen molar-refractivity contribution in [1.29, 1.82) is 0 Å². The minimum atomic E-state index is 0.0983. The second-order valence-corrected chi connectivity index (χ2v) is 5.02. The number of fused-ring (bicyclic) bond motifs is 1. The zero-order valence-corrected chi connectivity index (χ0v) is 12.0. The molecule has 0 spiro atoms. The molecule has 21 heavy (non-hydrogen) atoms. The van der Waals surface area contributed by atoms with E-state index in [-0.39, 0.29) is 6.61 Å². The molecule has 0 saturated heterocycles. The highest BCUT2D eigenvalue weighted by Gasteiger charge is 2.04. The van der Waals surface area contributed by atoms with E-state index in [1.807, 2.05) is 37.5 Å². The van der Waals surface area contributed by atoms with Gasteiger partial charge in [0.15, 0.2) is 0 Å². The van der Waals surface area contributed by atoms with Gasteiger partial charge in [-0.1, -0.05) is 18.2 Å². The molecule has 0 bridgehead atoms. The number of aliphatic hydroxyl groups excluding tert-OH is 1. The van der Waals surface area contributed by atoms with E-state index >= 15 is 0 Å². The van der Waals surface area contributed by atoms with Crippen LogP contribution in [-0.2, 0) is 13.1 Å². The zero-order chi connectivity index (χ0) is 14.7. The fourth-order valence-corrected chi connectivity index (χ4v) is 2.31. The Bertz CT molecular complexity index is 751. The summed E-state index contributed by atoms with van der Waals surface area (Å²) in [6.07, 6.45) is 3.75. The third-order valence-corrected chi connectivity index (χ3v) is 3.36. The summed E-state index contributed by atoms with van der Waals surface area (Å²) in [6.45, 7) is 3.30. The van der Waals surface area contributed by atoms with Gasteiger partial charge in [-0.05, 0) is 19.1 Å². The maximum atomic E-state index is 8.90. The number of aromatic nitrogens is 3. The van der Waals surface area contributed by atoms with Gasteiger partial charge in [-0.2, -0.15) is 5.10 Å². The van der Waals surface area contributed by atoms with E-state index in [4.69, 9.17) is 5.11 Å². The van der Waals surface area contributed by atoms with E-state index < -0.39 is 0 Å². The number of rotatable bonds is 5. The average molecular weight is 282 g/mol. The summed E-state index contributed by atoms with van der Waals surface area (Å²) in [5, 5.41) is 17.6. The van der Waals surface area contributed by atoms with E-state index in [0.29, 0.717) is 13.1 Å². The molecule has 0 atom stereocenters. The van der Waals surface area contributed by atoms with Gasteiger partial charge < -0.3 is 10.4 Å². The average Bonchev–Trinajstić information content (AvgIpc) is 2.93. The molecular weight excluding hydrogens is 264 g/mol. The summed E-state index contributed by atoms with van der Waals surface area (Å²) in [5.41, 5.74) is 4.09. The summed E-state index contributed by atoms with van der Waals surface area (Å²) in [6, 6.07) is 10.2. The number of benzene rings is 1. The molecule has 0 radical (unpaired) electrons. The van der Waals surface area contributed by atoms with Gasteiger partial charge in [-0.3, -0.25) is 9.67 Å². The van der Waals surface area contributed by atoms with E-state index in [2.05, 4.69) is 27.5 Å². The van der Waals surface area contributed by atoms with Crippen molar-refractivity contribution in [2.75, 3.05) is 11.9 Å². The van der Waals surface area contributed by atoms with Gasteiger partial charge in [0.05, 0.1) is 30.6 Å². The first-order chi connectivity index (χ1) is 10.3. The highest BCUT2D eigenvalue weighted by Crippen LogP contribution is 2.22. The highest BCUT2D eigenvalue weighted by molar-refractivity contribution is 5.90. The van der Waals surface area contributed by atoms with Gasteiger partial charge in [0, 0.05) is 29.4 Å². The van der Waals surface area contributed by atoms with Gasteiger partial charge in [0.25, 0.3) is 0 Å². The van der Waals surface area contributed by atoms with Crippen molar-refractivity contribution in [2.45, 2.75) is 20.0 Å². The lowest BCUT2D eigenvalue weighted by molar-refractivity contribution is 0.269. The fraction of sp³-hybridized carbons (Fsp3) is 0.250. The smallest absolute Gasteiger partial charge is 0.0936 e. The molecule has 1 aromatic carbocycles. The number of hydrogen-bond donors (Lipinski definition) is 2. The van der Waals surface area contributed by atoms with Crippen LogP contribution in [0.15, 0.2) is 42.7 Å². The van der Waals surface area contributed by atoms with E-state index in [1.54, 1.807) is 4.68 Å². The van der Waals surface area contributed by atoms with Gasteiger partial charge >= 0.3 is 0 Å². The van der Waals surface area contributed by atoms with Gasteiger partial charge in [0.1, 0.15) is 0 Å². The van der Waals surface area contributed by atoms with Crippen LogP contribution in [0.5, 0.6) is 0 Å². The van der Waals surface area contributed by atoms with Crippen LogP contribution in [0.3, 0.4) is 0 Å². The van der Waals surface area contributed by atoms with Crippen LogP contribution in [0.4, 0.5) is 5.69 Å². The molecule has 3 aromatic rings. The van der Waals surface area contributed by atoms with Gasteiger partial charge in [0.2, 0.25) is 0 Å². The minimum absolute atomic E-state index is 0.0983. The van der Waals surface area contributed by atoms with Crippen LogP contribution >= 0.6 is 0 Å². The maximum absolute atomic E-state index is 8.90. The highest BCUT2D eigenvalue weighted by atomic mass is 16.3. The Kier molecular flexibility index (Phi) is 3.83. The topological polar surface area (TPSA) is 63.0 Å². The Labute approximate surface area is 123 Å². The first-order valence-electron chi connectivity index (χ1n) is 6.99. The monoisotopic (exact) mass is 282 g/mol. The molecule has 5 heteroatoms. The fourth-order valence-electron chi connectivity index (χ4n) is 2.31. The second-order valence-electron chi connectivity index (χ2n) is 5.02. The van der Waals surface area contributed by atoms with Crippen molar-refractivity contribution in [2.24, 2.45) is 0 Å². The van der Waals surface area contributed by atoms with E-state index in [0.717, 1.165) is 27.8 Å². The molecule has 2 N–H and O–H groups in total. The molecule has 0 unspecified atom stereocenters. The standard InChI is InChI=1S/C16H18N4O/c1-12-5-6-14-3-2-4-15(16(14)19-12)17-9-13-10-18-20(11-13)7-8-21/h2-6,10-11,17,21H,7-9H2,1H3. The van der Waals surface area contributed by atoms with Crippen molar-refractivity contribution in [1.82, 2.24) is 14.8 Å². The molecule has 5 nitrogen and oxygen atoms in total. The molecule has 2 heterocycles. The summed E-state index contributed by atoms with van der Waals surface area (Å²) in [4.78, 5) is 4.61. The molecule has 0 amide bonds. The van der Waals surface area contributed by atoms with Crippen LogP contribution in [0.25, 0.3) is 10.9 Å². The Morgan fingerprint density at radius 2 is 2.14 bits per heavy atom. The SMILES string of the molecule is Cc1ccc2cccc(NCc3cnn(CCO)c3)c2n1. The summed E-state index contributed by atoms with van der Waals surface area (Å²) in [5.74, 6) is 0. The predicted octanol–water partition coefficient (Wildman–Crippen LogP) is 2.34. The van der Waals surface area contributed by atoms with Crippen molar-refractivity contribution in [3.63, 3.8) is 0 Å². The number of para-hydroxylation sites is 1. The molecule has 0 saturated carbocycles. The quantitative estimate of drug-likeness (QED) is 0.754. The van der Waals surface area contributed by atoms with Crippen LogP contribution in [0.2, 0.25) is 0 Å². The van der Waals surface area contributed by atoms with Crippen LogP contribution in [0.1, 0.15) is 11.3 Å². The number of anilines is 1. The molecular formula is C16H18N4O. The first kappa shape index (κ1) is 13.6. The largest absolute Gasteiger partial charge is 0.394 e. The Morgan fingerprint density at radius 3 is 3.00 bits per heavy atom. The summed E-state index contributed by atoms with van der Waals surface area (Å²) < 4.78 is 1.74. The Morgan fingerprint density at radius 1 is 1.24 bits per heavy atom. The summed E-state index contributed by atoms with van der Waals surface area (Å²) in [7, 11) is 0. The van der Waals surface area contributed by atoms with E-state index in [1.165, 1.54) is 0 Å². The number of nitrogens with zero attached hydrogens (tertiary/aromatic N) is 3. The molecule has 2 aromatic heterocycles. The minimum Gasteiger partial charge on any atom is -0.394 e. The Balaban J connectivity index is 1.79. The first-order valence-corrected chi connectivity index (χ1v) is 6.99. The molecule has 0 aliphatic rings. The molecule has 0 aliphatic heterocycles. The number of nitrogens with one attached hydrogen (secondary N) is 1. The molecule has 0 aliphatic carbocycles. The predicted molar refractivity (Wildman–Crippen MR) is 83.1 cm³/mol. The zero-order valence-electron chi connectivity index (χ0n) is 12.0. The molecule has 108 valence electrons. The number of aryl methyl sites for hydroxylation is 1. The summed E-state index contributed by atoms with van der Waals surface area (Å²) >= 11 is 0. The van der Waals surface area contributed by atoms with Crippen molar-refractivity contribution in [3.8, 4) is 0 Å². The molecule has 3 rings (SSSR count). The van der Waals surface area contributed by atoms with Crippen LogP contribution < -0.4 is 5.32 Å². The van der Waals surface area contributed by atoms with Crippen molar-refractivity contribution < 1.29 is 5.11 Å². The second kappa shape index (κ2) is 5.93. The number of pyridine rings is 1. The van der Waals surface area contributed by atoms with Crippen LogP contribution in [0, 0.1) is 6.92 Å². The van der Waals surface area contributed by atoms with Gasteiger partial charge in [-0.15, -0.1) is 0 Å². The lowest BCUT2D eigenvalue weighted by atomic mass is 10.1. The van der Waals surface area contributed by atoms with Crippen molar-refractivity contribution >= 4 is 16.6 Å². The number of hydrogen-bond acceptors (Lipinski definition) is 4. The van der Waals surface area contributed by atoms with Gasteiger partial charge in [-0.25, -0.2) is 0 Å².